The second kappa shape index (κ2) is 10.8. The Morgan fingerprint density at radius 1 is 0.941 bits per heavy atom. The Labute approximate surface area is 211 Å². The van der Waals surface area contributed by atoms with Crippen molar-refractivity contribution in [1.82, 2.24) is 14.1 Å². The number of halogens is 2. The normalized spacial score (nSPS) is 18.1. The zero-order valence-electron chi connectivity index (χ0n) is 19.2. The Morgan fingerprint density at radius 3 is 2.32 bits per heavy atom. The van der Waals surface area contributed by atoms with Gasteiger partial charge in [-0.3, -0.25) is 9.69 Å². The smallest absolute Gasteiger partial charge is 0.255 e. The fraction of sp³-hybridized carbons (Fsp3) is 0.458. The monoisotopic (exact) mass is 525 g/mol. The fourth-order valence-electron chi connectivity index (χ4n) is 4.44. The number of carbonyl (C=O) groups is 1. The van der Waals surface area contributed by atoms with Crippen molar-refractivity contribution in [3.05, 3.63) is 57.6 Å². The molecule has 1 amide bonds. The maximum absolute atomic E-state index is 13.3. The zero-order chi connectivity index (χ0) is 24.3. The maximum Gasteiger partial charge on any atom is 0.255 e. The first-order valence-corrected chi connectivity index (χ1v) is 13.6. The highest BCUT2D eigenvalue weighted by Gasteiger charge is 2.31. The minimum absolute atomic E-state index is 0.0373. The third-order valence-corrected chi connectivity index (χ3v) is 9.06. The van der Waals surface area contributed by atoms with Crippen LogP contribution in [0.1, 0.15) is 35.2 Å². The van der Waals surface area contributed by atoms with Crippen LogP contribution in [0.5, 0.6) is 5.75 Å². The molecule has 2 heterocycles. The van der Waals surface area contributed by atoms with Gasteiger partial charge in [0.05, 0.1) is 22.7 Å². The van der Waals surface area contributed by atoms with Gasteiger partial charge in [-0.2, -0.15) is 4.31 Å². The van der Waals surface area contributed by atoms with Crippen molar-refractivity contribution < 1.29 is 17.9 Å². The first kappa shape index (κ1) is 25.3. The molecular weight excluding hydrogens is 497 g/mol. The van der Waals surface area contributed by atoms with Gasteiger partial charge in [0.2, 0.25) is 10.0 Å². The van der Waals surface area contributed by atoms with Crippen LogP contribution in [-0.4, -0.2) is 74.8 Å². The summed E-state index contributed by atoms with van der Waals surface area (Å²) in [5.74, 6) is 0.539. The van der Waals surface area contributed by atoms with E-state index in [1.54, 1.807) is 12.0 Å². The fourth-order valence-corrected chi connectivity index (χ4v) is 6.79. The summed E-state index contributed by atoms with van der Waals surface area (Å²) in [5.41, 5.74) is 1.32. The largest absolute Gasteiger partial charge is 0.497 e. The molecule has 0 N–H and O–H groups in total. The number of carbonyl (C=O) groups excluding carboxylic acids is 1. The minimum Gasteiger partial charge on any atom is -0.497 e. The number of amides is 1. The average molecular weight is 526 g/mol. The Kier molecular flexibility index (Phi) is 8.05. The molecule has 34 heavy (non-hydrogen) atoms. The molecule has 2 saturated heterocycles. The Balaban J connectivity index is 1.46. The summed E-state index contributed by atoms with van der Waals surface area (Å²) in [6, 6.07) is 10.7. The lowest BCUT2D eigenvalue weighted by Gasteiger charge is -2.35. The van der Waals surface area contributed by atoms with Crippen molar-refractivity contribution in [2.24, 2.45) is 0 Å². The Hall–Kier alpha value is -1.84. The molecule has 0 radical (unpaired) electrons. The van der Waals surface area contributed by atoms with E-state index in [1.165, 1.54) is 16.4 Å². The molecule has 0 bridgehead atoms. The maximum atomic E-state index is 13.3. The molecule has 4 rings (SSSR count). The number of benzene rings is 2. The highest BCUT2D eigenvalue weighted by atomic mass is 35.5. The Morgan fingerprint density at radius 2 is 1.65 bits per heavy atom. The Bertz CT molecular complexity index is 1140. The predicted molar refractivity (Wildman–Crippen MR) is 133 cm³/mol. The summed E-state index contributed by atoms with van der Waals surface area (Å²) < 4.78 is 33.1. The summed E-state index contributed by atoms with van der Waals surface area (Å²) in [6.07, 6.45) is 2.64. The van der Waals surface area contributed by atoms with E-state index in [1.807, 2.05) is 18.2 Å². The van der Waals surface area contributed by atoms with E-state index in [0.29, 0.717) is 39.3 Å². The van der Waals surface area contributed by atoms with Gasteiger partial charge in [-0.25, -0.2) is 8.42 Å². The van der Waals surface area contributed by atoms with Crippen LogP contribution in [0.15, 0.2) is 41.3 Å². The van der Waals surface area contributed by atoms with Crippen molar-refractivity contribution in [2.45, 2.75) is 30.7 Å². The van der Waals surface area contributed by atoms with Crippen molar-refractivity contribution in [2.75, 3.05) is 46.4 Å². The van der Waals surface area contributed by atoms with Crippen LogP contribution in [0.4, 0.5) is 0 Å². The lowest BCUT2D eigenvalue weighted by Crippen LogP contribution is -2.48. The van der Waals surface area contributed by atoms with Gasteiger partial charge >= 0.3 is 0 Å². The average Bonchev–Trinajstić information content (AvgIpc) is 2.84. The number of hydrogen-bond acceptors (Lipinski definition) is 5. The molecule has 0 saturated carbocycles. The number of rotatable bonds is 6. The summed E-state index contributed by atoms with van der Waals surface area (Å²) in [5, 5.41) is 0.196. The van der Waals surface area contributed by atoms with Crippen LogP contribution in [-0.2, 0) is 16.6 Å². The number of nitrogens with zero attached hydrogens (tertiary/aromatic N) is 3. The van der Waals surface area contributed by atoms with E-state index in [-0.39, 0.29) is 26.4 Å². The number of piperidine rings is 1. The third kappa shape index (κ3) is 5.52. The number of hydrogen-bond donors (Lipinski definition) is 0. The zero-order valence-corrected chi connectivity index (χ0v) is 21.5. The summed E-state index contributed by atoms with van der Waals surface area (Å²) in [7, 11) is -2.14. The molecule has 7 nitrogen and oxygen atoms in total. The molecule has 10 heteroatoms. The van der Waals surface area contributed by atoms with E-state index >= 15 is 0 Å². The van der Waals surface area contributed by atoms with E-state index < -0.39 is 10.0 Å². The van der Waals surface area contributed by atoms with Gasteiger partial charge in [-0.1, -0.05) is 41.8 Å². The molecule has 2 aliphatic heterocycles. The summed E-state index contributed by atoms with van der Waals surface area (Å²) in [6.45, 7) is 4.13. The number of sulfonamides is 1. The molecule has 2 fully saturated rings. The van der Waals surface area contributed by atoms with Gasteiger partial charge in [-0.15, -0.1) is 0 Å². The molecule has 0 spiro atoms. The van der Waals surface area contributed by atoms with Crippen LogP contribution >= 0.6 is 23.2 Å². The van der Waals surface area contributed by atoms with Crippen molar-refractivity contribution in [1.29, 1.82) is 0 Å². The summed E-state index contributed by atoms with van der Waals surface area (Å²) in [4.78, 5) is 17.2. The molecule has 0 aromatic heterocycles. The van der Waals surface area contributed by atoms with Crippen molar-refractivity contribution in [3.63, 3.8) is 0 Å². The first-order chi connectivity index (χ1) is 16.3. The number of piperazine rings is 1. The topological polar surface area (TPSA) is 70.2 Å². The molecule has 184 valence electrons. The van der Waals surface area contributed by atoms with Crippen LogP contribution in [0.2, 0.25) is 10.0 Å². The van der Waals surface area contributed by atoms with Crippen LogP contribution < -0.4 is 4.74 Å². The molecule has 0 atom stereocenters. The van der Waals surface area contributed by atoms with E-state index in [0.717, 1.165) is 37.1 Å². The molecule has 0 aliphatic carbocycles. The summed E-state index contributed by atoms with van der Waals surface area (Å²) >= 11 is 12.6. The quantitative estimate of drug-likeness (QED) is 0.566. The number of methoxy groups -OCH3 is 1. The second-order valence-corrected chi connectivity index (χ2v) is 11.4. The van der Waals surface area contributed by atoms with Gasteiger partial charge in [-0.05, 0) is 42.7 Å². The van der Waals surface area contributed by atoms with Crippen molar-refractivity contribution >= 4 is 39.1 Å². The third-order valence-electron chi connectivity index (χ3n) is 6.38. The lowest BCUT2D eigenvalue weighted by molar-refractivity contribution is 0.0628. The minimum atomic E-state index is -3.79. The van der Waals surface area contributed by atoms with E-state index in [2.05, 4.69) is 11.0 Å². The van der Waals surface area contributed by atoms with Gasteiger partial charge < -0.3 is 9.64 Å². The van der Waals surface area contributed by atoms with Crippen LogP contribution in [0.25, 0.3) is 0 Å². The molecule has 2 aliphatic rings. The predicted octanol–water partition coefficient (Wildman–Crippen LogP) is 4.13. The highest BCUT2D eigenvalue weighted by molar-refractivity contribution is 7.89. The molecule has 0 unspecified atom stereocenters. The SMILES string of the molecule is COc1cccc(CN2CCN(C(=O)c3cc(S(=O)(=O)N4CCCCC4)c(Cl)cc3Cl)CC2)c1. The standard InChI is InChI=1S/C24H29Cl2N3O4S/c1-33-19-7-5-6-18(14-19)17-27-10-12-28(13-11-27)24(30)20-15-23(22(26)16-21(20)25)34(31,32)29-8-3-2-4-9-29/h5-7,14-16H,2-4,8-13,17H2,1H3. The molecule has 2 aromatic carbocycles. The van der Waals surface area contributed by atoms with Crippen LogP contribution in [0, 0.1) is 0 Å². The number of ether oxygens (including phenoxy) is 1. The van der Waals surface area contributed by atoms with Crippen molar-refractivity contribution in [3.8, 4) is 5.75 Å². The van der Waals surface area contributed by atoms with E-state index in [9.17, 15) is 13.2 Å². The second-order valence-electron chi connectivity index (χ2n) is 8.65. The van der Waals surface area contributed by atoms with Crippen LogP contribution in [0.3, 0.4) is 0 Å². The van der Waals surface area contributed by atoms with E-state index in [4.69, 9.17) is 27.9 Å². The van der Waals surface area contributed by atoms with Gasteiger partial charge in [0, 0.05) is 45.8 Å². The van der Waals surface area contributed by atoms with Gasteiger partial charge in [0.15, 0.2) is 0 Å². The van der Waals surface area contributed by atoms with Gasteiger partial charge in [0.25, 0.3) is 5.91 Å². The van der Waals surface area contributed by atoms with Gasteiger partial charge in [0.1, 0.15) is 10.6 Å². The first-order valence-electron chi connectivity index (χ1n) is 11.4. The molecular formula is C24H29Cl2N3O4S. The highest BCUT2D eigenvalue weighted by Crippen LogP contribution is 2.32. The molecule has 2 aromatic rings. The lowest BCUT2D eigenvalue weighted by atomic mass is 10.1.